The molecule has 6 heteroatoms. The third-order valence-electron chi connectivity index (χ3n) is 6.83. The molecule has 2 fully saturated rings. The molecule has 0 unspecified atom stereocenters. The van der Waals surface area contributed by atoms with Crippen molar-refractivity contribution < 1.29 is 4.42 Å². The molecule has 4 aromatic rings. The zero-order valence-electron chi connectivity index (χ0n) is 18.0. The summed E-state index contributed by atoms with van der Waals surface area (Å²) in [6.45, 7) is 6.23. The summed E-state index contributed by atoms with van der Waals surface area (Å²) in [6.07, 6.45) is 8.89. The molecule has 158 valence electrons. The average Bonchev–Trinajstić information content (AvgIpc) is 3.52. The summed E-state index contributed by atoms with van der Waals surface area (Å²) in [7, 11) is 0. The Labute approximate surface area is 180 Å². The summed E-state index contributed by atoms with van der Waals surface area (Å²) < 4.78 is 7.69. The van der Waals surface area contributed by atoms with Crippen LogP contribution in [0.15, 0.2) is 45.9 Å². The van der Waals surface area contributed by atoms with Gasteiger partial charge in [-0.1, -0.05) is 12.1 Å². The van der Waals surface area contributed by atoms with Crippen LogP contribution in [0.2, 0.25) is 0 Å². The van der Waals surface area contributed by atoms with E-state index in [-0.39, 0.29) is 5.63 Å². The quantitative estimate of drug-likeness (QED) is 0.463. The van der Waals surface area contributed by atoms with Gasteiger partial charge in [0.25, 0.3) is 0 Å². The topological polar surface area (TPSA) is 63.6 Å². The Morgan fingerprint density at radius 2 is 1.81 bits per heavy atom. The van der Waals surface area contributed by atoms with E-state index in [1.165, 1.54) is 44.3 Å². The zero-order valence-corrected chi connectivity index (χ0v) is 18.0. The molecule has 2 aliphatic rings. The van der Waals surface area contributed by atoms with Gasteiger partial charge in [-0.3, -0.25) is 4.98 Å². The van der Waals surface area contributed by atoms with Crippen LogP contribution < -0.4 is 5.63 Å². The molecule has 6 rings (SSSR count). The number of benzene rings is 1. The van der Waals surface area contributed by atoms with Crippen molar-refractivity contribution in [1.29, 1.82) is 0 Å². The first-order valence-electron chi connectivity index (χ1n) is 11.2. The van der Waals surface area contributed by atoms with Gasteiger partial charge in [0, 0.05) is 23.8 Å². The lowest BCUT2D eigenvalue weighted by atomic mass is 9.89. The number of rotatable bonds is 3. The number of aryl methyl sites for hydroxylation is 2. The van der Waals surface area contributed by atoms with Crippen molar-refractivity contribution in [3.05, 3.63) is 64.0 Å². The van der Waals surface area contributed by atoms with Crippen molar-refractivity contribution >= 4 is 16.6 Å². The predicted octanol–water partition coefficient (Wildman–Crippen LogP) is 4.46. The minimum absolute atomic E-state index is 0.348. The highest BCUT2D eigenvalue weighted by Gasteiger charge is 2.32. The van der Waals surface area contributed by atoms with Gasteiger partial charge in [-0.15, -0.1) is 0 Å². The van der Waals surface area contributed by atoms with E-state index >= 15 is 0 Å². The second-order valence-electron chi connectivity index (χ2n) is 9.11. The second kappa shape index (κ2) is 7.02. The van der Waals surface area contributed by atoms with Gasteiger partial charge < -0.3 is 13.7 Å². The van der Waals surface area contributed by atoms with Crippen molar-refractivity contribution in [3.63, 3.8) is 0 Å². The van der Waals surface area contributed by atoms with Crippen molar-refractivity contribution in [2.45, 2.75) is 51.5 Å². The van der Waals surface area contributed by atoms with Crippen LogP contribution in [0, 0.1) is 13.8 Å². The summed E-state index contributed by atoms with van der Waals surface area (Å²) >= 11 is 0. The van der Waals surface area contributed by atoms with E-state index in [9.17, 15) is 4.79 Å². The molecule has 1 saturated carbocycles. The van der Waals surface area contributed by atoms with Crippen LogP contribution in [0.5, 0.6) is 0 Å². The molecule has 31 heavy (non-hydrogen) atoms. The number of imidazole rings is 1. The number of nitrogens with zero attached hydrogens (tertiary/aromatic N) is 4. The maximum atomic E-state index is 12.8. The zero-order chi connectivity index (χ0) is 21.1. The van der Waals surface area contributed by atoms with E-state index < -0.39 is 0 Å². The molecule has 1 aliphatic heterocycles. The SMILES string of the molecule is Cc1cn2cc(-c3cc4ccc(C5CCN(C6CC6)CC5)cc4oc3=O)nc2c(C)n1. The van der Waals surface area contributed by atoms with Gasteiger partial charge >= 0.3 is 5.63 Å². The normalized spacial score (nSPS) is 18.3. The number of aromatic nitrogens is 3. The molecule has 1 aromatic carbocycles. The first-order valence-corrected chi connectivity index (χ1v) is 11.2. The molecule has 0 atom stereocenters. The number of hydrogen-bond donors (Lipinski definition) is 0. The van der Waals surface area contributed by atoms with Gasteiger partial charge in [-0.25, -0.2) is 9.78 Å². The van der Waals surface area contributed by atoms with Gasteiger partial charge in [0.2, 0.25) is 0 Å². The van der Waals surface area contributed by atoms with E-state index in [1.54, 1.807) is 0 Å². The van der Waals surface area contributed by atoms with Crippen molar-refractivity contribution in [2.24, 2.45) is 0 Å². The van der Waals surface area contributed by atoms with Crippen LogP contribution in [0.1, 0.15) is 48.6 Å². The van der Waals surface area contributed by atoms with E-state index in [4.69, 9.17) is 4.42 Å². The van der Waals surface area contributed by atoms with Crippen LogP contribution in [-0.4, -0.2) is 38.4 Å². The molecule has 0 amide bonds. The van der Waals surface area contributed by atoms with Gasteiger partial charge in [-0.2, -0.15) is 0 Å². The highest BCUT2D eigenvalue weighted by atomic mass is 16.4. The Bertz CT molecular complexity index is 1360. The molecule has 1 saturated heterocycles. The molecule has 1 aliphatic carbocycles. The highest BCUT2D eigenvalue weighted by molar-refractivity contribution is 5.82. The van der Waals surface area contributed by atoms with E-state index in [0.717, 1.165) is 28.5 Å². The maximum Gasteiger partial charge on any atom is 0.345 e. The minimum atomic E-state index is -0.348. The van der Waals surface area contributed by atoms with Gasteiger partial charge in [0.15, 0.2) is 5.65 Å². The van der Waals surface area contributed by atoms with Crippen molar-refractivity contribution in [1.82, 2.24) is 19.3 Å². The lowest BCUT2D eigenvalue weighted by Crippen LogP contribution is -2.34. The molecule has 0 spiro atoms. The Balaban J connectivity index is 1.33. The van der Waals surface area contributed by atoms with E-state index in [2.05, 4.69) is 33.1 Å². The van der Waals surface area contributed by atoms with Crippen LogP contribution in [0.25, 0.3) is 27.9 Å². The highest BCUT2D eigenvalue weighted by Crippen LogP contribution is 2.35. The van der Waals surface area contributed by atoms with Crippen LogP contribution in [-0.2, 0) is 0 Å². The molecule has 4 heterocycles. The van der Waals surface area contributed by atoms with Crippen molar-refractivity contribution in [3.8, 4) is 11.3 Å². The fourth-order valence-corrected chi connectivity index (χ4v) is 5.03. The van der Waals surface area contributed by atoms with E-state index in [0.29, 0.717) is 22.8 Å². The van der Waals surface area contributed by atoms with E-state index in [1.807, 2.05) is 36.7 Å². The Morgan fingerprint density at radius 3 is 2.58 bits per heavy atom. The fraction of sp³-hybridized carbons (Fsp3) is 0.400. The minimum Gasteiger partial charge on any atom is -0.422 e. The van der Waals surface area contributed by atoms with Crippen molar-refractivity contribution in [2.75, 3.05) is 13.1 Å². The maximum absolute atomic E-state index is 12.8. The Hall–Kier alpha value is -2.99. The van der Waals surface area contributed by atoms with Gasteiger partial charge in [0.1, 0.15) is 5.58 Å². The number of fused-ring (bicyclic) bond motifs is 2. The van der Waals surface area contributed by atoms with Crippen LogP contribution in [0.4, 0.5) is 0 Å². The first kappa shape index (κ1) is 18.8. The largest absolute Gasteiger partial charge is 0.422 e. The Kier molecular flexibility index (Phi) is 4.25. The number of hydrogen-bond acceptors (Lipinski definition) is 5. The lowest BCUT2D eigenvalue weighted by Gasteiger charge is -2.32. The summed E-state index contributed by atoms with van der Waals surface area (Å²) in [6, 6.07) is 9.09. The molecule has 0 N–H and O–H groups in total. The molecular weight excluding hydrogens is 388 g/mol. The lowest BCUT2D eigenvalue weighted by molar-refractivity contribution is 0.203. The van der Waals surface area contributed by atoms with Crippen LogP contribution >= 0.6 is 0 Å². The number of likely N-dealkylation sites (tertiary alicyclic amines) is 1. The average molecular weight is 415 g/mol. The monoisotopic (exact) mass is 414 g/mol. The molecule has 0 bridgehead atoms. The van der Waals surface area contributed by atoms with Gasteiger partial charge in [-0.05, 0) is 76.2 Å². The fourth-order valence-electron chi connectivity index (χ4n) is 5.03. The predicted molar refractivity (Wildman–Crippen MR) is 121 cm³/mol. The smallest absolute Gasteiger partial charge is 0.345 e. The molecule has 6 nitrogen and oxygen atoms in total. The molecule has 3 aromatic heterocycles. The third-order valence-corrected chi connectivity index (χ3v) is 6.83. The first-order chi connectivity index (χ1) is 15.0. The van der Waals surface area contributed by atoms with Crippen LogP contribution in [0.3, 0.4) is 0 Å². The summed E-state index contributed by atoms with van der Waals surface area (Å²) in [4.78, 5) is 24.6. The second-order valence-corrected chi connectivity index (χ2v) is 9.11. The Morgan fingerprint density at radius 1 is 1.00 bits per heavy atom. The standard InChI is InChI=1S/C25H26N4O2/c1-15-13-29-14-22(27-24(29)16(2)26-15)21-11-19-4-3-18(12-23(19)31-25(21)30)17-7-9-28(10-8-17)20-5-6-20/h3-4,11-14,17,20H,5-10H2,1-2H3. The third kappa shape index (κ3) is 3.35. The summed E-state index contributed by atoms with van der Waals surface area (Å²) in [5, 5.41) is 0.928. The number of piperidine rings is 1. The van der Waals surface area contributed by atoms with Gasteiger partial charge in [0.05, 0.1) is 22.6 Å². The molecule has 0 radical (unpaired) electrons. The summed E-state index contributed by atoms with van der Waals surface area (Å²) in [5.41, 5.74) is 5.20. The summed E-state index contributed by atoms with van der Waals surface area (Å²) in [5.74, 6) is 0.543. The molecular formula is C25H26N4O2.